The predicted octanol–water partition coefficient (Wildman–Crippen LogP) is 3.12. The zero-order valence-electron chi connectivity index (χ0n) is 13.5. The highest BCUT2D eigenvalue weighted by Crippen LogP contribution is 2.28. The van der Waals surface area contributed by atoms with Crippen LogP contribution in [0.3, 0.4) is 0 Å². The molecule has 0 bridgehead atoms. The van der Waals surface area contributed by atoms with E-state index in [1.165, 1.54) is 6.33 Å². The largest absolute Gasteiger partial charge is 0.364 e. The van der Waals surface area contributed by atoms with Gasteiger partial charge in [0.25, 0.3) is 5.91 Å². The normalized spacial score (nSPS) is 10.2. The van der Waals surface area contributed by atoms with E-state index in [2.05, 4.69) is 42.1 Å². The monoisotopic (exact) mass is 408 g/mol. The molecule has 0 fully saturated rings. The molecule has 0 saturated heterocycles. The van der Waals surface area contributed by atoms with Crippen molar-refractivity contribution in [2.24, 2.45) is 0 Å². The number of carbonyl (C=O) groups is 1. The van der Waals surface area contributed by atoms with Crippen molar-refractivity contribution in [3.8, 4) is 0 Å². The Morgan fingerprint density at radius 2 is 2.00 bits per heavy atom. The van der Waals surface area contributed by atoms with Crippen molar-refractivity contribution in [1.29, 1.82) is 0 Å². The van der Waals surface area contributed by atoms with Gasteiger partial charge in [0.1, 0.15) is 6.33 Å². The summed E-state index contributed by atoms with van der Waals surface area (Å²) in [5.74, 6) is -0.452. The first-order chi connectivity index (χ1) is 12.0. The Balaban J connectivity index is 2.16. The SMILES string of the molecule is CCCCNc1ncnc(NNC(=O)c2ccccc2Br)c1[N+](=O)[O-]. The van der Waals surface area contributed by atoms with Gasteiger partial charge in [-0.1, -0.05) is 25.5 Å². The van der Waals surface area contributed by atoms with E-state index in [1.807, 2.05) is 6.92 Å². The molecule has 25 heavy (non-hydrogen) atoms. The van der Waals surface area contributed by atoms with Gasteiger partial charge in [-0.15, -0.1) is 0 Å². The Labute approximate surface area is 152 Å². The van der Waals surface area contributed by atoms with Gasteiger partial charge in [0.15, 0.2) is 0 Å². The molecule has 1 aromatic carbocycles. The summed E-state index contributed by atoms with van der Waals surface area (Å²) >= 11 is 3.28. The van der Waals surface area contributed by atoms with Crippen molar-refractivity contribution in [3.05, 3.63) is 50.7 Å². The number of benzene rings is 1. The molecule has 0 atom stereocenters. The average molecular weight is 409 g/mol. The van der Waals surface area contributed by atoms with E-state index >= 15 is 0 Å². The molecule has 2 rings (SSSR count). The molecule has 132 valence electrons. The zero-order valence-corrected chi connectivity index (χ0v) is 15.0. The Bertz CT molecular complexity index is 771. The molecule has 0 spiro atoms. The number of halogens is 1. The molecular formula is C15H17BrN6O3. The smallest absolute Gasteiger partial charge is 0.354 e. The standard InChI is InChI=1S/C15H17BrN6O3/c1-2-3-8-17-13-12(22(24)25)14(19-9-18-13)20-21-15(23)10-6-4-5-7-11(10)16/h4-7,9H,2-3,8H2,1H3,(H,21,23)(H2,17,18,19,20). The summed E-state index contributed by atoms with van der Waals surface area (Å²) in [5, 5.41) is 14.3. The maximum absolute atomic E-state index is 12.2. The van der Waals surface area contributed by atoms with E-state index in [9.17, 15) is 14.9 Å². The second-order valence-electron chi connectivity index (χ2n) is 5.02. The number of hydrazine groups is 1. The Morgan fingerprint density at radius 3 is 2.68 bits per heavy atom. The molecule has 0 aliphatic rings. The molecule has 9 nitrogen and oxygen atoms in total. The second-order valence-corrected chi connectivity index (χ2v) is 5.87. The summed E-state index contributed by atoms with van der Waals surface area (Å²) in [6.07, 6.45) is 2.98. The van der Waals surface area contributed by atoms with E-state index in [-0.39, 0.29) is 17.3 Å². The van der Waals surface area contributed by atoms with Crippen LogP contribution < -0.4 is 16.2 Å². The summed E-state index contributed by atoms with van der Waals surface area (Å²) in [6, 6.07) is 6.82. The summed E-state index contributed by atoms with van der Waals surface area (Å²) in [7, 11) is 0. The lowest BCUT2D eigenvalue weighted by Gasteiger charge is -2.11. The zero-order chi connectivity index (χ0) is 18.2. The van der Waals surface area contributed by atoms with Crippen LogP contribution >= 0.6 is 15.9 Å². The summed E-state index contributed by atoms with van der Waals surface area (Å²) in [5.41, 5.74) is 4.96. The van der Waals surface area contributed by atoms with Gasteiger partial charge in [-0.25, -0.2) is 9.97 Å². The van der Waals surface area contributed by atoms with Gasteiger partial charge in [0, 0.05) is 11.0 Å². The van der Waals surface area contributed by atoms with Gasteiger partial charge in [-0.05, 0) is 34.5 Å². The Hall–Kier alpha value is -2.75. The van der Waals surface area contributed by atoms with Gasteiger partial charge >= 0.3 is 5.69 Å². The van der Waals surface area contributed by atoms with Gasteiger partial charge in [-0.3, -0.25) is 25.8 Å². The number of nitrogens with zero attached hydrogens (tertiary/aromatic N) is 3. The fourth-order valence-electron chi connectivity index (χ4n) is 1.98. The van der Waals surface area contributed by atoms with Crippen LogP contribution in [-0.4, -0.2) is 27.3 Å². The average Bonchev–Trinajstić information content (AvgIpc) is 2.60. The molecule has 10 heteroatoms. The number of amides is 1. The highest BCUT2D eigenvalue weighted by Gasteiger charge is 2.23. The third-order valence-corrected chi connectivity index (χ3v) is 3.93. The molecular weight excluding hydrogens is 392 g/mol. The minimum atomic E-state index is -0.596. The molecule has 3 N–H and O–H groups in total. The number of aromatic nitrogens is 2. The van der Waals surface area contributed by atoms with Crippen LogP contribution in [0.1, 0.15) is 30.1 Å². The van der Waals surface area contributed by atoms with E-state index in [1.54, 1.807) is 24.3 Å². The van der Waals surface area contributed by atoms with Crippen molar-refractivity contribution < 1.29 is 9.72 Å². The van der Waals surface area contributed by atoms with Crippen molar-refractivity contribution in [3.63, 3.8) is 0 Å². The lowest BCUT2D eigenvalue weighted by atomic mass is 10.2. The van der Waals surface area contributed by atoms with Gasteiger partial charge in [0.05, 0.1) is 10.5 Å². The summed E-state index contributed by atoms with van der Waals surface area (Å²) < 4.78 is 0.605. The number of rotatable bonds is 8. The minimum Gasteiger partial charge on any atom is -0.364 e. The summed E-state index contributed by atoms with van der Waals surface area (Å²) in [4.78, 5) is 30.7. The fourth-order valence-corrected chi connectivity index (χ4v) is 2.45. The topological polar surface area (TPSA) is 122 Å². The molecule has 0 saturated carbocycles. The third-order valence-electron chi connectivity index (χ3n) is 3.24. The maximum atomic E-state index is 12.2. The number of nitrogens with one attached hydrogen (secondary N) is 3. The Morgan fingerprint density at radius 1 is 1.28 bits per heavy atom. The van der Waals surface area contributed by atoms with E-state index in [4.69, 9.17) is 0 Å². The van der Waals surface area contributed by atoms with Gasteiger partial charge in [-0.2, -0.15) is 0 Å². The van der Waals surface area contributed by atoms with Crippen LogP contribution in [0.4, 0.5) is 17.3 Å². The molecule has 2 aromatic rings. The van der Waals surface area contributed by atoms with E-state index in [0.717, 1.165) is 12.8 Å². The number of anilines is 2. The maximum Gasteiger partial charge on any atom is 0.354 e. The van der Waals surface area contributed by atoms with E-state index < -0.39 is 10.8 Å². The molecule has 1 heterocycles. The number of hydrogen-bond acceptors (Lipinski definition) is 7. The number of carbonyl (C=O) groups excluding carboxylic acids is 1. The van der Waals surface area contributed by atoms with Crippen molar-refractivity contribution in [2.45, 2.75) is 19.8 Å². The first-order valence-electron chi connectivity index (χ1n) is 7.58. The van der Waals surface area contributed by atoms with Crippen LogP contribution in [-0.2, 0) is 0 Å². The van der Waals surface area contributed by atoms with Crippen LogP contribution in [0.2, 0.25) is 0 Å². The molecule has 0 radical (unpaired) electrons. The quantitative estimate of drug-likeness (QED) is 0.348. The van der Waals surface area contributed by atoms with Crippen LogP contribution in [0, 0.1) is 10.1 Å². The fraction of sp³-hybridized carbons (Fsp3) is 0.267. The molecule has 0 aliphatic carbocycles. The molecule has 0 aliphatic heterocycles. The van der Waals surface area contributed by atoms with Crippen LogP contribution in [0.5, 0.6) is 0 Å². The number of hydrogen-bond donors (Lipinski definition) is 3. The second kappa shape index (κ2) is 8.92. The van der Waals surface area contributed by atoms with Crippen LogP contribution in [0.15, 0.2) is 35.1 Å². The highest BCUT2D eigenvalue weighted by atomic mass is 79.9. The first-order valence-corrected chi connectivity index (χ1v) is 8.38. The van der Waals surface area contributed by atoms with Gasteiger partial charge < -0.3 is 5.32 Å². The molecule has 1 amide bonds. The predicted molar refractivity (Wildman–Crippen MR) is 97.3 cm³/mol. The molecule has 1 aromatic heterocycles. The summed E-state index contributed by atoms with van der Waals surface area (Å²) in [6.45, 7) is 2.57. The van der Waals surface area contributed by atoms with Crippen molar-refractivity contribution >= 4 is 39.2 Å². The number of unbranched alkanes of at least 4 members (excludes halogenated alkanes) is 1. The van der Waals surface area contributed by atoms with Crippen LogP contribution in [0.25, 0.3) is 0 Å². The third kappa shape index (κ3) is 4.86. The lowest BCUT2D eigenvalue weighted by Crippen LogP contribution is -2.30. The van der Waals surface area contributed by atoms with Crippen molar-refractivity contribution in [1.82, 2.24) is 15.4 Å². The van der Waals surface area contributed by atoms with E-state index in [0.29, 0.717) is 16.6 Å². The van der Waals surface area contributed by atoms with Crippen molar-refractivity contribution in [2.75, 3.05) is 17.3 Å². The highest BCUT2D eigenvalue weighted by molar-refractivity contribution is 9.10. The first kappa shape index (κ1) is 18.6. The van der Waals surface area contributed by atoms with Gasteiger partial charge in [0.2, 0.25) is 11.6 Å². The molecule has 0 unspecified atom stereocenters. The minimum absolute atomic E-state index is 0.0978. The Kier molecular flexibility index (Phi) is 6.63. The number of nitro groups is 1. The lowest BCUT2D eigenvalue weighted by molar-refractivity contribution is -0.383.